The van der Waals surface area contributed by atoms with Crippen LogP contribution in [0.1, 0.15) is 36.9 Å². The molecule has 1 aromatic heterocycles. The van der Waals surface area contributed by atoms with Gasteiger partial charge in [-0.15, -0.1) is 11.3 Å². The van der Waals surface area contributed by atoms with Gasteiger partial charge in [-0.05, 0) is 42.0 Å². The Labute approximate surface area is 210 Å². The molecule has 1 saturated heterocycles. The number of anilines is 2. The molecule has 0 spiro atoms. The minimum atomic E-state index is -0.119. The third-order valence-electron chi connectivity index (χ3n) is 5.89. The zero-order valence-corrected chi connectivity index (χ0v) is 21.4. The molecule has 3 aromatic rings. The summed E-state index contributed by atoms with van der Waals surface area (Å²) < 4.78 is 0. The Morgan fingerprint density at radius 1 is 1.06 bits per heavy atom. The van der Waals surface area contributed by atoms with Crippen LogP contribution in [0, 0.1) is 0 Å². The van der Waals surface area contributed by atoms with E-state index in [1.165, 1.54) is 5.56 Å². The minimum absolute atomic E-state index is 0.0367. The van der Waals surface area contributed by atoms with Crippen molar-refractivity contribution < 1.29 is 9.90 Å². The van der Waals surface area contributed by atoms with E-state index in [9.17, 15) is 9.90 Å². The lowest BCUT2D eigenvalue weighted by Crippen LogP contribution is -2.48. The molecule has 0 saturated carbocycles. The van der Waals surface area contributed by atoms with Crippen molar-refractivity contribution in [3.63, 3.8) is 0 Å². The molecule has 2 aromatic carbocycles. The summed E-state index contributed by atoms with van der Waals surface area (Å²) in [5, 5.41) is 13.9. The number of hydrogen-bond acceptors (Lipinski definition) is 6. The van der Waals surface area contributed by atoms with E-state index < -0.39 is 0 Å². The second-order valence-electron chi connectivity index (χ2n) is 9.67. The molecule has 0 radical (unpaired) electrons. The standard InChI is InChI=1S/C26H31ClN4O2S/c1-26(2,3)24-22(16-18-4-6-19(27)7-5-18)34-25(29-24)28-23(33)17-30-12-14-31(15-13-30)20-8-10-21(32)11-9-20/h4-11,32H,12-17H2,1-3H3,(H,28,29,33). The number of piperazine rings is 1. The number of aromatic hydroxyl groups is 1. The summed E-state index contributed by atoms with van der Waals surface area (Å²) in [6, 6.07) is 15.1. The number of aromatic nitrogens is 1. The number of nitrogens with one attached hydrogen (secondary N) is 1. The highest BCUT2D eigenvalue weighted by atomic mass is 35.5. The number of amides is 1. The molecule has 2 N–H and O–H groups in total. The minimum Gasteiger partial charge on any atom is -0.508 e. The first-order valence-electron chi connectivity index (χ1n) is 11.5. The number of halogens is 1. The normalized spacial score (nSPS) is 14.9. The van der Waals surface area contributed by atoms with Gasteiger partial charge in [0.15, 0.2) is 5.13 Å². The van der Waals surface area contributed by atoms with Crippen LogP contribution in [-0.4, -0.2) is 53.6 Å². The molecule has 34 heavy (non-hydrogen) atoms. The number of nitrogens with zero attached hydrogens (tertiary/aromatic N) is 3. The second kappa shape index (κ2) is 10.3. The third kappa shape index (κ3) is 6.29. The van der Waals surface area contributed by atoms with Crippen molar-refractivity contribution >= 4 is 39.7 Å². The van der Waals surface area contributed by atoms with Crippen molar-refractivity contribution in [1.29, 1.82) is 0 Å². The number of benzene rings is 2. The molecule has 1 amide bonds. The van der Waals surface area contributed by atoms with Gasteiger partial charge in [0, 0.05) is 53.6 Å². The average molecular weight is 499 g/mol. The maximum Gasteiger partial charge on any atom is 0.240 e. The molecule has 1 aliphatic rings. The fraction of sp³-hybridized carbons (Fsp3) is 0.385. The Bertz CT molecular complexity index is 1120. The average Bonchev–Trinajstić information content (AvgIpc) is 3.19. The Hall–Kier alpha value is -2.61. The van der Waals surface area contributed by atoms with Gasteiger partial charge >= 0.3 is 0 Å². The van der Waals surface area contributed by atoms with E-state index in [-0.39, 0.29) is 17.1 Å². The first-order valence-corrected chi connectivity index (χ1v) is 12.7. The molecule has 0 bridgehead atoms. The quantitative estimate of drug-likeness (QED) is 0.492. The zero-order valence-electron chi connectivity index (χ0n) is 19.8. The number of phenols is 1. The number of hydrogen-bond donors (Lipinski definition) is 2. The number of phenolic OH excluding ortho intramolecular Hbond substituents is 1. The highest BCUT2D eigenvalue weighted by Crippen LogP contribution is 2.34. The summed E-state index contributed by atoms with van der Waals surface area (Å²) in [5.74, 6) is 0.234. The van der Waals surface area contributed by atoms with Crippen molar-refractivity contribution in [3.05, 3.63) is 69.7 Å². The SMILES string of the molecule is CC(C)(C)c1nc(NC(=O)CN2CCN(c3ccc(O)cc3)CC2)sc1Cc1ccc(Cl)cc1. The fourth-order valence-electron chi connectivity index (χ4n) is 4.09. The molecule has 1 aliphatic heterocycles. The first kappa shape index (κ1) is 24.5. The van der Waals surface area contributed by atoms with Gasteiger partial charge in [-0.1, -0.05) is 44.5 Å². The predicted molar refractivity (Wildman–Crippen MR) is 140 cm³/mol. The van der Waals surface area contributed by atoms with Gasteiger partial charge < -0.3 is 15.3 Å². The van der Waals surface area contributed by atoms with Gasteiger partial charge in [-0.2, -0.15) is 0 Å². The third-order valence-corrected chi connectivity index (χ3v) is 7.11. The van der Waals surface area contributed by atoms with E-state index in [1.807, 2.05) is 36.4 Å². The number of rotatable bonds is 6. The van der Waals surface area contributed by atoms with Crippen LogP contribution in [0.3, 0.4) is 0 Å². The highest BCUT2D eigenvalue weighted by Gasteiger charge is 2.25. The van der Waals surface area contributed by atoms with E-state index in [2.05, 4.69) is 35.9 Å². The summed E-state index contributed by atoms with van der Waals surface area (Å²) >= 11 is 7.58. The van der Waals surface area contributed by atoms with Gasteiger partial charge in [0.2, 0.25) is 5.91 Å². The van der Waals surface area contributed by atoms with Crippen LogP contribution in [-0.2, 0) is 16.6 Å². The van der Waals surface area contributed by atoms with E-state index >= 15 is 0 Å². The van der Waals surface area contributed by atoms with Crippen LogP contribution in [0.5, 0.6) is 5.75 Å². The molecule has 0 aliphatic carbocycles. The second-order valence-corrected chi connectivity index (χ2v) is 11.2. The van der Waals surface area contributed by atoms with E-state index in [1.54, 1.807) is 23.5 Å². The summed E-state index contributed by atoms with van der Waals surface area (Å²) in [6.45, 7) is 10.1. The highest BCUT2D eigenvalue weighted by molar-refractivity contribution is 7.15. The Morgan fingerprint density at radius 2 is 1.71 bits per heavy atom. The van der Waals surface area contributed by atoms with Crippen molar-refractivity contribution in [2.24, 2.45) is 0 Å². The van der Waals surface area contributed by atoms with Crippen molar-refractivity contribution in [2.45, 2.75) is 32.6 Å². The topological polar surface area (TPSA) is 68.7 Å². The van der Waals surface area contributed by atoms with Crippen LogP contribution >= 0.6 is 22.9 Å². The summed E-state index contributed by atoms with van der Waals surface area (Å²) in [7, 11) is 0. The monoisotopic (exact) mass is 498 g/mol. The maximum absolute atomic E-state index is 12.8. The predicted octanol–water partition coefficient (Wildman–Crippen LogP) is 5.15. The number of thiazole rings is 1. The molecular weight excluding hydrogens is 468 g/mol. The zero-order chi connectivity index (χ0) is 24.3. The molecule has 6 nitrogen and oxygen atoms in total. The fourth-order valence-corrected chi connectivity index (χ4v) is 5.44. The van der Waals surface area contributed by atoms with Crippen LogP contribution in [0.25, 0.3) is 0 Å². The van der Waals surface area contributed by atoms with Crippen LogP contribution in [0.4, 0.5) is 10.8 Å². The largest absolute Gasteiger partial charge is 0.508 e. The number of carbonyl (C=O) groups is 1. The van der Waals surface area contributed by atoms with Gasteiger partial charge in [-0.25, -0.2) is 4.98 Å². The molecule has 0 atom stereocenters. The van der Waals surface area contributed by atoms with E-state index in [4.69, 9.17) is 16.6 Å². The van der Waals surface area contributed by atoms with Gasteiger partial charge in [0.1, 0.15) is 5.75 Å². The lowest BCUT2D eigenvalue weighted by atomic mass is 9.90. The summed E-state index contributed by atoms with van der Waals surface area (Å²) in [6.07, 6.45) is 0.760. The molecule has 4 rings (SSSR count). The molecule has 180 valence electrons. The molecular formula is C26H31ClN4O2S. The Kier molecular flexibility index (Phi) is 7.45. The molecule has 1 fully saturated rings. The Morgan fingerprint density at radius 3 is 2.32 bits per heavy atom. The van der Waals surface area contributed by atoms with E-state index in [0.29, 0.717) is 11.7 Å². The van der Waals surface area contributed by atoms with Crippen molar-refractivity contribution in [3.8, 4) is 5.75 Å². The lowest BCUT2D eigenvalue weighted by Gasteiger charge is -2.35. The van der Waals surface area contributed by atoms with Crippen LogP contribution in [0.15, 0.2) is 48.5 Å². The van der Waals surface area contributed by atoms with Gasteiger partial charge in [0.25, 0.3) is 0 Å². The molecule has 0 unspecified atom stereocenters. The van der Waals surface area contributed by atoms with Crippen LogP contribution in [0.2, 0.25) is 5.02 Å². The van der Waals surface area contributed by atoms with E-state index in [0.717, 1.165) is 53.9 Å². The summed E-state index contributed by atoms with van der Waals surface area (Å²) in [4.78, 5) is 23.2. The van der Waals surface area contributed by atoms with Gasteiger partial charge in [0.05, 0.1) is 12.2 Å². The molecule has 2 heterocycles. The van der Waals surface area contributed by atoms with Crippen LogP contribution < -0.4 is 10.2 Å². The summed E-state index contributed by atoms with van der Waals surface area (Å²) in [5.41, 5.74) is 3.16. The van der Waals surface area contributed by atoms with Crippen molar-refractivity contribution in [2.75, 3.05) is 42.9 Å². The lowest BCUT2D eigenvalue weighted by molar-refractivity contribution is -0.117. The number of carbonyl (C=O) groups excluding carboxylic acids is 1. The van der Waals surface area contributed by atoms with Gasteiger partial charge in [-0.3, -0.25) is 9.69 Å². The van der Waals surface area contributed by atoms with Crippen molar-refractivity contribution in [1.82, 2.24) is 9.88 Å². The molecule has 8 heteroatoms. The maximum atomic E-state index is 12.8. The first-order chi connectivity index (χ1) is 16.2. The Balaban J connectivity index is 1.36. The smallest absolute Gasteiger partial charge is 0.240 e.